The minimum atomic E-state index is -0.00741. The molecular weight excluding hydrogens is 286 g/mol. The highest BCUT2D eigenvalue weighted by Gasteiger charge is 2.19. The second-order valence-corrected chi connectivity index (χ2v) is 6.37. The lowest BCUT2D eigenvalue weighted by Gasteiger charge is -2.18. The van der Waals surface area contributed by atoms with Crippen molar-refractivity contribution in [3.63, 3.8) is 0 Å². The third-order valence-corrected chi connectivity index (χ3v) is 3.59. The van der Waals surface area contributed by atoms with Crippen LogP contribution in [0.3, 0.4) is 0 Å². The number of rotatable bonds is 1. The van der Waals surface area contributed by atoms with Crippen molar-refractivity contribution in [1.29, 1.82) is 0 Å². The first-order valence-corrected chi connectivity index (χ1v) is 7.00. The monoisotopic (exact) mass is 301 g/mol. The van der Waals surface area contributed by atoms with E-state index in [4.69, 9.17) is 17.3 Å². The highest BCUT2D eigenvalue weighted by molar-refractivity contribution is 6.32. The van der Waals surface area contributed by atoms with E-state index in [1.54, 1.807) is 0 Å². The van der Waals surface area contributed by atoms with Gasteiger partial charge in [-0.3, -0.25) is 0 Å². The molecule has 3 aromatic heterocycles. The van der Waals surface area contributed by atoms with Crippen LogP contribution in [0.25, 0.3) is 16.9 Å². The zero-order valence-electron chi connectivity index (χ0n) is 12.1. The van der Waals surface area contributed by atoms with Crippen LogP contribution in [0.15, 0.2) is 30.7 Å². The highest BCUT2D eigenvalue weighted by atomic mass is 35.5. The van der Waals surface area contributed by atoms with E-state index < -0.39 is 0 Å². The molecule has 2 N–H and O–H groups in total. The zero-order chi connectivity index (χ0) is 15.2. The summed E-state index contributed by atoms with van der Waals surface area (Å²) in [6, 6.07) is 3.88. The van der Waals surface area contributed by atoms with Gasteiger partial charge in [-0.1, -0.05) is 32.4 Å². The summed E-state index contributed by atoms with van der Waals surface area (Å²) in [5, 5.41) is 0.473. The molecule has 3 aromatic rings. The van der Waals surface area contributed by atoms with Gasteiger partial charge in [0.2, 0.25) is 5.95 Å². The average Bonchev–Trinajstić information content (AvgIpc) is 2.84. The Kier molecular flexibility index (Phi) is 3.10. The fourth-order valence-electron chi connectivity index (χ4n) is 2.26. The Morgan fingerprint density at radius 1 is 1.14 bits per heavy atom. The fourth-order valence-corrected chi connectivity index (χ4v) is 2.46. The van der Waals surface area contributed by atoms with E-state index in [0.717, 1.165) is 16.9 Å². The van der Waals surface area contributed by atoms with Crippen LogP contribution in [0.2, 0.25) is 5.02 Å². The van der Waals surface area contributed by atoms with Gasteiger partial charge in [-0.15, -0.1) is 0 Å². The predicted molar refractivity (Wildman–Crippen MR) is 84.3 cm³/mol. The second kappa shape index (κ2) is 4.70. The lowest BCUT2D eigenvalue weighted by molar-refractivity contribution is 0.563. The number of nitrogens with two attached hydrogens (primary N) is 1. The summed E-state index contributed by atoms with van der Waals surface area (Å²) in [5.74, 6) is 0.205. The second-order valence-electron chi connectivity index (χ2n) is 5.96. The Labute approximate surface area is 127 Å². The molecule has 0 spiro atoms. The largest absolute Gasteiger partial charge is 0.368 e. The summed E-state index contributed by atoms with van der Waals surface area (Å²) in [6.07, 6.45) is 5.40. The fraction of sp³-hybridized carbons (Fsp3) is 0.267. The number of nitrogen functional groups attached to an aromatic ring is 1. The minimum absolute atomic E-state index is 0.00741. The van der Waals surface area contributed by atoms with Gasteiger partial charge >= 0.3 is 0 Å². The number of imidazole rings is 1. The van der Waals surface area contributed by atoms with Gasteiger partial charge in [-0.25, -0.2) is 15.0 Å². The number of halogens is 1. The van der Waals surface area contributed by atoms with Gasteiger partial charge in [-0.2, -0.15) is 0 Å². The Hall–Kier alpha value is -2.14. The molecule has 0 radical (unpaired) electrons. The molecule has 0 atom stereocenters. The molecule has 21 heavy (non-hydrogen) atoms. The molecule has 0 fully saturated rings. The summed E-state index contributed by atoms with van der Waals surface area (Å²) >= 11 is 6.18. The van der Waals surface area contributed by atoms with Crippen LogP contribution in [0.5, 0.6) is 0 Å². The van der Waals surface area contributed by atoms with E-state index in [2.05, 4.69) is 40.1 Å². The maximum absolute atomic E-state index is 6.18. The quantitative estimate of drug-likeness (QED) is 0.748. The molecule has 3 heterocycles. The first kappa shape index (κ1) is 13.8. The first-order valence-electron chi connectivity index (χ1n) is 6.62. The summed E-state index contributed by atoms with van der Waals surface area (Å²) in [6.45, 7) is 6.45. The summed E-state index contributed by atoms with van der Waals surface area (Å²) < 4.78 is 2.06. The third-order valence-electron chi connectivity index (χ3n) is 3.31. The van der Waals surface area contributed by atoms with Crippen molar-refractivity contribution in [2.24, 2.45) is 0 Å². The van der Waals surface area contributed by atoms with Crippen molar-refractivity contribution in [3.05, 3.63) is 41.4 Å². The highest BCUT2D eigenvalue weighted by Crippen LogP contribution is 2.28. The van der Waals surface area contributed by atoms with Gasteiger partial charge in [0.25, 0.3) is 0 Å². The molecule has 3 rings (SSSR count). The van der Waals surface area contributed by atoms with Crippen molar-refractivity contribution in [2.45, 2.75) is 26.2 Å². The Morgan fingerprint density at radius 3 is 2.62 bits per heavy atom. The number of hydrogen-bond acceptors (Lipinski definition) is 4. The first-order chi connectivity index (χ1) is 9.86. The molecule has 0 aliphatic heterocycles. The van der Waals surface area contributed by atoms with Crippen molar-refractivity contribution in [1.82, 2.24) is 19.4 Å². The Morgan fingerprint density at radius 2 is 1.90 bits per heavy atom. The topological polar surface area (TPSA) is 69.1 Å². The van der Waals surface area contributed by atoms with Crippen LogP contribution in [0, 0.1) is 0 Å². The molecule has 0 unspecified atom stereocenters. The minimum Gasteiger partial charge on any atom is -0.368 e. The number of fused-ring (bicyclic) bond motifs is 1. The lowest BCUT2D eigenvalue weighted by Crippen LogP contribution is -2.14. The van der Waals surface area contributed by atoms with Crippen LogP contribution < -0.4 is 5.73 Å². The van der Waals surface area contributed by atoms with Crippen molar-refractivity contribution in [2.75, 3.05) is 5.73 Å². The summed E-state index contributed by atoms with van der Waals surface area (Å²) in [7, 11) is 0. The molecule has 6 heteroatoms. The van der Waals surface area contributed by atoms with Gasteiger partial charge < -0.3 is 10.1 Å². The normalized spacial score (nSPS) is 12.0. The van der Waals surface area contributed by atoms with Gasteiger partial charge in [0.1, 0.15) is 5.65 Å². The van der Waals surface area contributed by atoms with E-state index in [1.165, 1.54) is 6.20 Å². The van der Waals surface area contributed by atoms with Crippen molar-refractivity contribution >= 4 is 23.2 Å². The molecule has 108 valence electrons. The number of hydrogen-bond donors (Lipinski definition) is 1. The number of nitrogens with zero attached hydrogens (tertiary/aromatic N) is 4. The van der Waals surface area contributed by atoms with Crippen LogP contribution in [-0.2, 0) is 5.41 Å². The number of aromatic nitrogens is 4. The molecule has 0 aliphatic carbocycles. The van der Waals surface area contributed by atoms with Gasteiger partial charge in [0.05, 0.1) is 16.9 Å². The number of anilines is 1. The standard InChI is InChI=1S/C15H16ClN5/c1-15(2,3)11-7-18-12-5-4-9(8-21(11)12)13-10(16)6-19-14(17)20-13/h4-8H,1-3H3,(H2,17,19,20). The van der Waals surface area contributed by atoms with E-state index in [9.17, 15) is 0 Å². The molecular formula is C15H16ClN5. The smallest absolute Gasteiger partial charge is 0.220 e. The van der Waals surface area contributed by atoms with E-state index >= 15 is 0 Å². The molecule has 0 saturated heterocycles. The lowest BCUT2D eigenvalue weighted by atomic mass is 9.93. The maximum atomic E-state index is 6.18. The van der Waals surface area contributed by atoms with Crippen LogP contribution in [0.4, 0.5) is 5.95 Å². The van der Waals surface area contributed by atoms with Gasteiger partial charge in [0.15, 0.2) is 0 Å². The van der Waals surface area contributed by atoms with Crippen molar-refractivity contribution in [3.8, 4) is 11.3 Å². The molecule has 0 aromatic carbocycles. The molecule has 0 bridgehead atoms. The third kappa shape index (κ3) is 2.45. The zero-order valence-corrected chi connectivity index (χ0v) is 12.9. The SMILES string of the molecule is CC(C)(C)c1cnc2ccc(-c3nc(N)ncc3Cl)cn12. The summed E-state index contributed by atoms with van der Waals surface area (Å²) in [4.78, 5) is 12.5. The molecule has 0 saturated carbocycles. The van der Waals surface area contributed by atoms with Crippen molar-refractivity contribution < 1.29 is 0 Å². The van der Waals surface area contributed by atoms with E-state index in [1.807, 2.05) is 24.5 Å². The van der Waals surface area contributed by atoms with E-state index in [0.29, 0.717) is 10.7 Å². The molecule has 0 aliphatic rings. The molecule has 0 amide bonds. The van der Waals surface area contributed by atoms with Gasteiger partial charge in [0, 0.05) is 29.1 Å². The summed E-state index contributed by atoms with van der Waals surface area (Å²) in [5.41, 5.74) is 9.17. The van der Waals surface area contributed by atoms with Crippen LogP contribution in [0.1, 0.15) is 26.5 Å². The maximum Gasteiger partial charge on any atom is 0.220 e. The van der Waals surface area contributed by atoms with E-state index in [-0.39, 0.29) is 11.4 Å². The van der Waals surface area contributed by atoms with Gasteiger partial charge in [-0.05, 0) is 12.1 Å². The Balaban J connectivity index is 2.23. The van der Waals surface area contributed by atoms with Crippen LogP contribution >= 0.6 is 11.6 Å². The van der Waals surface area contributed by atoms with Crippen LogP contribution in [-0.4, -0.2) is 19.4 Å². The predicted octanol–water partition coefficient (Wildman–Crippen LogP) is 3.32. The molecule has 5 nitrogen and oxygen atoms in total. The average molecular weight is 302 g/mol. The number of pyridine rings is 1. The Bertz CT molecular complexity index is 817.